The summed E-state index contributed by atoms with van der Waals surface area (Å²) in [5, 5.41) is 10.1. The molecule has 0 radical (unpaired) electrons. The van der Waals surface area contributed by atoms with E-state index >= 15 is 0 Å². The van der Waals surface area contributed by atoms with Gasteiger partial charge < -0.3 is 9.88 Å². The van der Waals surface area contributed by atoms with Crippen LogP contribution < -0.4 is 5.32 Å². The number of aromatic nitrogens is 4. The Morgan fingerprint density at radius 2 is 2.06 bits per heavy atom. The van der Waals surface area contributed by atoms with Crippen molar-refractivity contribution in [2.45, 2.75) is 26.4 Å². The Bertz CT molecular complexity index is 1600. The first-order valence-corrected chi connectivity index (χ1v) is 12.0. The topological polar surface area (TPSA) is 52.0 Å². The molecule has 6 rings (SSSR count). The summed E-state index contributed by atoms with van der Waals surface area (Å²) in [6.45, 7) is 13.1. The first-order valence-electron chi connectivity index (χ1n) is 12.0. The third-order valence-electron chi connectivity index (χ3n) is 6.95. The van der Waals surface area contributed by atoms with Gasteiger partial charge in [0, 0.05) is 47.4 Å². The largest absolute Gasteiger partial charge is 0.346 e. The lowest BCUT2D eigenvalue weighted by Gasteiger charge is -2.14. The zero-order valence-corrected chi connectivity index (χ0v) is 19.5. The van der Waals surface area contributed by atoms with Gasteiger partial charge in [-0.05, 0) is 62.2 Å². The molecular weight excluding hydrogens is 439 g/mol. The Hall–Kier alpha value is -4.02. The van der Waals surface area contributed by atoms with Crippen LogP contribution in [-0.2, 0) is 13.1 Å². The van der Waals surface area contributed by atoms with Gasteiger partial charge in [-0.1, -0.05) is 18.2 Å². The van der Waals surface area contributed by atoms with E-state index in [0.717, 1.165) is 71.2 Å². The molecular formula is C28H25FN6. The Kier molecular flexibility index (Phi) is 5.31. The van der Waals surface area contributed by atoms with Gasteiger partial charge in [-0.2, -0.15) is 5.10 Å². The van der Waals surface area contributed by atoms with Crippen LogP contribution in [0.4, 0.5) is 10.1 Å². The SMILES string of the molecule is [C-]#[N+]c1ccc(-c2c(-c3ccc4nn(CC)cc4c3)ncc3c2ccn3C[C@@H]2CCNC2)cc1F. The lowest BCUT2D eigenvalue weighted by atomic mass is 9.95. The van der Waals surface area contributed by atoms with Crippen LogP contribution in [0.25, 0.3) is 49.0 Å². The zero-order valence-electron chi connectivity index (χ0n) is 19.5. The highest BCUT2D eigenvalue weighted by atomic mass is 19.1. The number of hydrogen-bond acceptors (Lipinski definition) is 3. The van der Waals surface area contributed by atoms with Crippen LogP contribution in [0, 0.1) is 18.3 Å². The minimum absolute atomic E-state index is 0.0233. The summed E-state index contributed by atoms with van der Waals surface area (Å²) in [6.07, 6.45) is 7.23. The normalized spacial score (nSPS) is 15.7. The van der Waals surface area contributed by atoms with Crippen LogP contribution in [-0.4, -0.2) is 32.4 Å². The number of hydrogen-bond donors (Lipinski definition) is 1. The smallest absolute Gasteiger partial charge is 0.222 e. The Morgan fingerprint density at radius 1 is 1.17 bits per heavy atom. The van der Waals surface area contributed by atoms with Gasteiger partial charge in [0.25, 0.3) is 0 Å². The number of nitrogens with zero attached hydrogens (tertiary/aromatic N) is 5. The summed E-state index contributed by atoms with van der Waals surface area (Å²) in [7, 11) is 0. The van der Waals surface area contributed by atoms with E-state index in [0.29, 0.717) is 11.5 Å². The van der Waals surface area contributed by atoms with Gasteiger partial charge in [-0.25, -0.2) is 9.24 Å². The molecule has 0 saturated carbocycles. The molecule has 2 aromatic carbocycles. The highest BCUT2D eigenvalue weighted by Crippen LogP contribution is 2.39. The minimum atomic E-state index is -0.517. The Balaban J connectivity index is 1.55. The maximum atomic E-state index is 14.7. The average Bonchev–Trinajstić information content (AvgIpc) is 3.63. The van der Waals surface area contributed by atoms with Crippen LogP contribution >= 0.6 is 0 Å². The molecule has 0 amide bonds. The van der Waals surface area contributed by atoms with Gasteiger partial charge in [-0.3, -0.25) is 9.67 Å². The van der Waals surface area contributed by atoms with E-state index in [1.54, 1.807) is 6.07 Å². The van der Waals surface area contributed by atoms with Gasteiger partial charge in [0.15, 0.2) is 0 Å². The zero-order chi connectivity index (χ0) is 23.9. The number of nitrogens with one attached hydrogen (secondary N) is 1. The molecule has 1 aliphatic heterocycles. The molecule has 0 spiro atoms. The molecule has 0 aliphatic carbocycles. The van der Waals surface area contributed by atoms with Crippen LogP contribution in [0.3, 0.4) is 0 Å². The lowest BCUT2D eigenvalue weighted by molar-refractivity contribution is 0.491. The number of aryl methyl sites for hydroxylation is 1. The quantitative estimate of drug-likeness (QED) is 0.323. The van der Waals surface area contributed by atoms with Crippen molar-refractivity contribution in [1.29, 1.82) is 0 Å². The second-order valence-electron chi connectivity index (χ2n) is 9.14. The number of pyridine rings is 1. The predicted molar refractivity (Wildman–Crippen MR) is 137 cm³/mol. The van der Waals surface area contributed by atoms with Crippen LogP contribution in [0.2, 0.25) is 0 Å². The monoisotopic (exact) mass is 464 g/mol. The van der Waals surface area contributed by atoms with Gasteiger partial charge in [0.1, 0.15) is 5.82 Å². The highest BCUT2D eigenvalue weighted by molar-refractivity contribution is 6.02. The summed E-state index contributed by atoms with van der Waals surface area (Å²) in [5.41, 5.74) is 5.32. The van der Waals surface area contributed by atoms with Crippen molar-refractivity contribution in [1.82, 2.24) is 24.6 Å². The van der Waals surface area contributed by atoms with E-state index in [1.165, 1.54) is 6.07 Å². The first kappa shape index (κ1) is 21.5. The van der Waals surface area contributed by atoms with E-state index in [2.05, 4.69) is 45.1 Å². The number of benzene rings is 2. The van der Waals surface area contributed by atoms with E-state index in [1.807, 2.05) is 35.3 Å². The van der Waals surface area contributed by atoms with Crippen molar-refractivity contribution in [3.63, 3.8) is 0 Å². The average molecular weight is 465 g/mol. The van der Waals surface area contributed by atoms with Crippen LogP contribution in [0.5, 0.6) is 0 Å². The maximum Gasteiger partial charge on any atom is 0.222 e. The molecule has 1 saturated heterocycles. The highest BCUT2D eigenvalue weighted by Gasteiger charge is 2.20. The van der Waals surface area contributed by atoms with Crippen molar-refractivity contribution in [3.05, 3.63) is 78.3 Å². The summed E-state index contributed by atoms with van der Waals surface area (Å²) in [6, 6.07) is 13.1. The fourth-order valence-electron chi connectivity index (χ4n) is 5.12. The lowest BCUT2D eigenvalue weighted by Crippen LogP contribution is -2.14. The van der Waals surface area contributed by atoms with E-state index < -0.39 is 5.82 Å². The summed E-state index contributed by atoms with van der Waals surface area (Å²) in [5.74, 6) is 0.0678. The molecule has 0 bridgehead atoms. The molecule has 3 aromatic heterocycles. The van der Waals surface area contributed by atoms with E-state index in [-0.39, 0.29) is 5.69 Å². The molecule has 0 unspecified atom stereocenters. The van der Waals surface area contributed by atoms with Crippen molar-refractivity contribution in [2.24, 2.45) is 5.92 Å². The van der Waals surface area contributed by atoms with E-state index in [4.69, 9.17) is 11.6 Å². The molecule has 35 heavy (non-hydrogen) atoms. The van der Waals surface area contributed by atoms with Crippen LogP contribution in [0.15, 0.2) is 61.1 Å². The van der Waals surface area contributed by atoms with Gasteiger partial charge in [-0.15, -0.1) is 0 Å². The fourth-order valence-corrected chi connectivity index (χ4v) is 5.12. The third-order valence-corrected chi connectivity index (χ3v) is 6.95. The van der Waals surface area contributed by atoms with Gasteiger partial charge in [0.2, 0.25) is 5.69 Å². The molecule has 1 fully saturated rings. The fraction of sp³-hybridized carbons (Fsp3) is 0.250. The summed E-state index contributed by atoms with van der Waals surface area (Å²) in [4.78, 5) is 8.21. The Labute approximate surface area is 202 Å². The van der Waals surface area contributed by atoms with E-state index in [9.17, 15) is 4.39 Å². The van der Waals surface area contributed by atoms with Crippen molar-refractivity contribution < 1.29 is 4.39 Å². The molecule has 1 atom stereocenters. The second kappa shape index (κ2) is 8.64. The van der Waals surface area contributed by atoms with Gasteiger partial charge >= 0.3 is 0 Å². The molecule has 174 valence electrons. The second-order valence-corrected chi connectivity index (χ2v) is 9.14. The summed E-state index contributed by atoms with van der Waals surface area (Å²) < 4.78 is 18.9. The predicted octanol–water partition coefficient (Wildman–Crippen LogP) is 6.04. The number of fused-ring (bicyclic) bond motifs is 2. The number of rotatable bonds is 5. The van der Waals surface area contributed by atoms with Crippen molar-refractivity contribution in [2.75, 3.05) is 13.1 Å². The molecule has 6 nitrogen and oxygen atoms in total. The summed E-state index contributed by atoms with van der Waals surface area (Å²) >= 11 is 0. The first-order chi connectivity index (χ1) is 17.1. The van der Waals surface area contributed by atoms with Gasteiger partial charge in [0.05, 0.1) is 29.5 Å². The van der Waals surface area contributed by atoms with Crippen molar-refractivity contribution in [3.8, 4) is 22.4 Å². The number of halogens is 1. The standard InChI is InChI=1S/C28H25FN6/c1-3-35-17-21-12-20(5-6-24(21)33-35)28-27(19-4-7-25(30-2)23(29)13-19)22-9-11-34(26(22)15-32-28)16-18-8-10-31-14-18/h4-7,9,11-13,15,17-18,31H,3,8,10,14,16H2,1H3/t18-/m1/s1. The minimum Gasteiger partial charge on any atom is -0.346 e. The molecule has 5 aromatic rings. The Morgan fingerprint density at radius 3 is 2.83 bits per heavy atom. The molecule has 4 heterocycles. The third kappa shape index (κ3) is 3.76. The molecule has 1 N–H and O–H groups in total. The molecule has 7 heteroatoms. The maximum absolute atomic E-state index is 14.7. The van der Waals surface area contributed by atoms with Crippen molar-refractivity contribution >= 4 is 27.5 Å². The van der Waals surface area contributed by atoms with Crippen LogP contribution in [0.1, 0.15) is 13.3 Å². The molecule has 1 aliphatic rings.